The van der Waals surface area contributed by atoms with E-state index in [0.29, 0.717) is 16.9 Å². The Bertz CT molecular complexity index is 1020. The fourth-order valence-electron chi connectivity index (χ4n) is 3.38. The molecule has 5 nitrogen and oxygen atoms in total. The van der Waals surface area contributed by atoms with Gasteiger partial charge in [-0.15, -0.1) is 0 Å². The van der Waals surface area contributed by atoms with E-state index in [9.17, 15) is 18.0 Å². The average Bonchev–Trinajstić information content (AvgIpc) is 3.12. The summed E-state index contributed by atoms with van der Waals surface area (Å²) in [6.45, 7) is -0.00599. The predicted molar refractivity (Wildman–Crippen MR) is 113 cm³/mol. The molecule has 0 aliphatic heterocycles. The van der Waals surface area contributed by atoms with Crippen LogP contribution in [0.15, 0.2) is 54.3 Å². The molecule has 0 bridgehead atoms. The summed E-state index contributed by atoms with van der Waals surface area (Å²) in [5.41, 5.74) is 7.12. The second kappa shape index (κ2) is 8.93. The molecule has 1 aliphatic carbocycles. The maximum absolute atomic E-state index is 13.3. The van der Waals surface area contributed by atoms with Gasteiger partial charge < -0.3 is 11.1 Å². The zero-order valence-corrected chi connectivity index (χ0v) is 17.1. The van der Waals surface area contributed by atoms with Crippen molar-refractivity contribution in [2.24, 2.45) is 12.8 Å². The molecule has 2 aromatic rings. The van der Waals surface area contributed by atoms with Crippen LogP contribution in [-0.4, -0.2) is 33.1 Å². The monoisotopic (exact) mass is 434 g/mol. The molecule has 9 heteroatoms. The number of nitrogens with two attached hydrogens (primary N) is 1. The molecule has 1 aromatic carbocycles. The third kappa shape index (κ3) is 5.03. The molecular weight excluding hydrogens is 413 g/mol. The standard InChI is InChI=1S/C21H21F3N4OS/c1-28-19(6-7-26-28)14-8-15(11-17(30)10-14)20(29)27-16(12-25)9-13-4-2-3-5-18(13)21(22,23)24/h2-8,11,16H,9-10,12,25H2,1H3,(H,27,29)/t16-/m0/s1. The summed E-state index contributed by atoms with van der Waals surface area (Å²) in [5.74, 6) is -0.434. The minimum absolute atomic E-state index is 0.00599. The van der Waals surface area contributed by atoms with Crippen LogP contribution in [0, 0.1) is 0 Å². The quantitative estimate of drug-likeness (QED) is 0.685. The normalized spacial score (nSPS) is 15.4. The van der Waals surface area contributed by atoms with E-state index in [0.717, 1.165) is 17.3 Å². The first-order valence-corrected chi connectivity index (χ1v) is 9.69. The number of halogens is 3. The number of thiocarbonyl (C=S) groups is 1. The van der Waals surface area contributed by atoms with Gasteiger partial charge in [-0.1, -0.05) is 30.4 Å². The van der Waals surface area contributed by atoms with E-state index in [1.165, 1.54) is 18.2 Å². The number of nitrogens with one attached hydrogen (secondary N) is 1. The van der Waals surface area contributed by atoms with Gasteiger partial charge in [-0.3, -0.25) is 9.48 Å². The van der Waals surface area contributed by atoms with Crippen molar-refractivity contribution in [2.45, 2.75) is 25.1 Å². The Morgan fingerprint density at radius 2 is 2.03 bits per heavy atom. The van der Waals surface area contributed by atoms with Gasteiger partial charge >= 0.3 is 6.18 Å². The van der Waals surface area contributed by atoms with Crippen LogP contribution in [0.3, 0.4) is 0 Å². The second-order valence-electron chi connectivity index (χ2n) is 7.02. The molecule has 1 aliphatic rings. The Balaban J connectivity index is 1.78. The summed E-state index contributed by atoms with van der Waals surface area (Å²) in [7, 11) is 1.79. The van der Waals surface area contributed by atoms with Crippen LogP contribution in [0.2, 0.25) is 0 Å². The van der Waals surface area contributed by atoms with E-state index >= 15 is 0 Å². The number of aryl methyl sites for hydroxylation is 1. The fourth-order valence-corrected chi connectivity index (χ4v) is 3.66. The largest absolute Gasteiger partial charge is 0.416 e. The number of rotatable bonds is 6. The molecule has 158 valence electrons. The SMILES string of the molecule is Cn1nccc1C1=CC(C(=O)N[C@H](CN)Cc2ccccc2C(F)(F)F)=CC(=S)C1. The molecule has 0 spiro atoms. The summed E-state index contributed by atoms with van der Waals surface area (Å²) < 4.78 is 41.4. The Kier molecular flexibility index (Phi) is 6.52. The highest BCUT2D eigenvalue weighted by molar-refractivity contribution is 7.80. The summed E-state index contributed by atoms with van der Waals surface area (Å²) in [5, 5.41) is 6.87. The number of amides is 1. The molecule has 3 rings (SSSR count). The molecule has 1 amide bonds. The number of alkyl halides is 3. The number of hydrogen-bond donors (Lipinski definition) is 2. The first-order valence-electron chi connectivity index (χ1n) is 9.28. The van der Waals surface area contributed by atoms with Gasteiger partial charge in [0.2, 0.25) is 0 Å². The Morgan fingerprint density at radius 1 is 1.30 bits per heavy atom. The maximum Gasteiger partial charge on any atom is 0.416 e. The molecular formula is C21H21F3N4OS. The number of allylic oxidation sites excluding steroid dienone is 2. The van der Waals surface area contributed by atoms with Crippen LogP contribution in [0.1, 0.15) is 23.2 Å². The predicted octanol–water partition coefficient (Wildman–Crippen LogP) is 3.21. The molecule has 0 radical (unpaired) electrons. The number of carbonyl (C=O) groups is 1. The van der Waals surface area contributed by atoms with Crippen LogP contribution in [-0.2, 0) is 24.4 Å². The van der Waals surface area contributed by atoms with Crippen molar-refractivity contribution in [2.75, 3.05) is 6.54 Å². The Hall–Kier alpha value is -2.78. The van der Waals surface area contributed by atoms with Gasteiger partial charge in [0.25, 0.3) is 5.91 Å². The molecule has 30 heavy (non-hydrogen) atoms. The molecule has 1 aromatic heterocycles. The first-order chi connectivity index (χ1) is 14.2. The van der Waals surface area contributed by atoms with Gasteiger partial charge in [0, 0.05) is 42.7 Å². The lowest BCUT2D eigenvalue weighted by atomic mass is 9.95. The fraction of sp³-hybridized carbons (Fsp3) is 0.286. The smallest absolute Gasteiger partial charge is 0.348 e. The summed E-state index contributed by atoms with van der Waals surface area (Å²) in [6, 6.07) is 6.45. The van der Waals surface area contributed by atoms with Crippen LogP contribution in [0.4, 0.5) is 13.2 Å². The van der Waals surface area contributed by atoms with Crippen LogP contribution in [0.5, 0.6) is 0 Å². The minimum atomic E-state index is -4.47. The van der Waals surface area contributed by atoms with Crippen molar-refractivity contribution in [3.8, 4) is 0 Å². The zero-order valence-electron chi connectivity index (χ0n) is 16.2. The molecule has 0 unspecified atom stereocenters. The van der Waals surface area contributed by atoms with Crippen molar-refractivity contribution in [1.82, 2.24) is 15.1 Å². The molecule has 0 saturated carbocycles. The number of nitrogens with zero attached hydrogens (tertiary/aromatic N) is 2. The zero-order chi connectivity index (χ0) is 21.9. The third-order valence-corrected chi connectivity index (χ3v) is 5.09. The van der Waals surface area contributed by atoms with Crippen molar-refractivity contribution in [1.29, 1.82) is 0 Å². The van der Waals surface area contributed by atoms with E-state index in [2.05, 4.69) is 10.4 Å². The molecule has 0 fully saturated rings. The topological polar surface area (TPSA) is 72.9 Å². The van der Waals surface area contributed by atoms with Gasteiger partial charge in [-0.2, -0.15) is 18.3 Å². The van der Waals surface area contributed by atoms with Gasteiger partial charge in [-0.05, 0) is 41.8 Å². The number of benzene rings is 1. The number of aromatic nitrogens is 2. The van der Waals surface area contributed by atoms with E-state index in [-0.39, 0.29) is 18.5 Å². The lowest BCUT2D eigenvalue weighted by molar-refractivity contribution is -0.138. The van der Waals surface area contributed by atoms with Crippen molar-refractivity contribution >= 4 is 28.6 Å². The first kappa shape index (κ1) is 21.9. The van der Waals surface area contributed by atoms with Crippen molar-refractivity contribution in [3.05, 3.63) is 71.1 Å². The lowest BCUT2D eigenvalue weighted by Gasteiger charge is -2.21. The average molecular weight is 434 g/mol. The van der Waals surface area contributed by atoms with Gasteiger partial charge in [-0.25, -0.2) is 0 Å². The lowest BCUT2D eigenvalue weighted by Crippen LogP contribution is -2.42. The van der Waals surface area contributed by atoms with Crippen LogP contribution < -0.4 is 11.1 Å². The van der Waals surface area contributed by atoms with E-state index < -0.39 is 23.7 Å². The summed E-state index contributed by atoms with van der Waals surface area (Å²) in [4.78, 5) is 13.4. The molecule has 1 heterocycles. The van der Waals surface area contributed by atoms with E-state index in [1.807, 2.05) is 6.07 Å². The number of carbonyl (C=O) groups excluding carboxylic acids is 1. The van der Waals surface area contributed by atoms with Crippen molar-refractivity contribution in [3.63, 3.8) is 0 Å². The van der Waals surface area contributed by atoms with E-state index in [1.54, 1.807) is 30.1 Å². The van der Waals surface area contributed by atoms with Gasteiger partial charge in [0.1, 0.15) is 0 Å². The maximum atomic E-state index is 13.3. The van der Waals surface area contributed by atoms with Crippen LogP contribution >= 0.6 is 12.2 Å². The van der Waals surface area contributed by atoms with Gasteiger partial charge in [0.15, 0.2) is 0 Å². The van der Waals surface area contributed by atoms with Gasteiger partial charge in [0.05, 0.1) is 11.3 Å². The third-order valence-electron chi connectivity index (χ3n) is 4.83. The highest BCUT2D eigenvalue weighted by Crippen LogP contribution is 2.32. The molecule has 3 N–H and O–H groups in total. The van der Waals surface area contributed by atoms with Crippen molar-refractivity contribution < 1.29 is 18.0 Å². The van der Waals surface area contributed by atoms with E-state index in [4.69, 9.17) is 18.0 Å². The summed E-state index contributed by atoms with van der Waals surface area (Å²) in [6.07, 6.45) is 0.971. The van der Waals surface area contributed by atoms with Crippen LogP contribution in [0.25, 0.3) is 5.57 Å². The number of hydrogen-bond acceptors (Lipinski definition) is 4. The summed E-state index contributed by atoms with van der Waals surface area (Å²) >= 11 is 5.32. The molecule has 1 atom stereocenters. The molecule has 0 saturated heterocycles. The highest BCUT2D eigenvalue weighted by atomic mass is 32.1. The highest BCUT2D eigenvalue weighted by Gasteiger charge is 2.33. The Labute approximate surface area is 177 Å². The second-order valence-corrected chi connectivity index (χ2v) is 7.54. The Morgan fingerprint density at radius 3 is 2.67 bits per heavy atom. The minimum Gasteiger partial charge on any atom is -0.348 e.